The topological polar surface area (TPSA) is 52.8 Å². The maximum Gasteiger partial charge on any atom is 0.248 e. The summed E-state index contributed by atoms with van der Waals surface area (Å²) in [4.78, 5) is 19.4. The van der Waals surface area contributed by atoms with Gasteiger partial charge in [0.2, 0.25) is 5.91 Å². The Morgan fingerprint density at radius 1 is 0.795 bits per heavy atom. The zero-order chi connectivity index (χ0) is 27.0. The highest BCUT2D eigenvalue weighted by molar-refractivity contribution is 5.93. The van der Waals surface area contributed by atoms with Gasteiger partial charge in [0.25, 0.3) is 0 Å². The zero-order valence-corrected chi connectivity index (χ0v) is 23.4. The van der Waals surface area contributed by atoms with Gasteiger partial charge in [0.05, 0.1) is 6.04 Å². The molecule has 5 heteroatoms. The van der Waals surface area contributed by atoms with Crippen molar-refractivity contribution in [2.75, 3.05) is 42.5 Å². The Balaban J connectivity index is 1.15. The lowest BCUT2D eigenvalue weighted by atomic mass is 9.59. The molecule has 2 N–H and O–H groups in total. The molecule has 5 nitrogen and oxygen atoms in total. The summed E-state index contributed by atoms with van der Waals surface area (Å²) in [5.41, 5.74) is 12.0. The second kappa shape index (κ2) is 10.7. The number of hydrogen-bond donors (Lipinski definition) is 1. The van der Waals surface area contributed by atoms with Gasteiger partial charge >= 0.3 is 0 Å². The van der Waals surface area contributed by atoms with Crippen molar-refractivity contribution in [2.24, 2.45) is 11.1 Å². The predicted octanol–water partition coefficient (Wildman–Crippen LogP) is 6.22. The first-order chi connectivity index (χ1) is 18.9. The first kappa shape index (κ1) is 25.9. The molecule has 204 valence electrons. The lowest BCUT2D eigenvalue weighted by Gasteiger charge is -2.58. The number of carbonyl (C=O) groups excluding carboxylic acids is 1. The molecule has 1 atom stereocenters. The maximum atomic E-state index is 11.4. The molecule has 1 amide bonds. The number of anilines is 2. The van der Waals surface area contributed by atoms with Crippen LogP contribution < -0.4 is 15.5 Å². The summed E-state index contributed by atoms with van der Waals surface area (Å²) in [5, 5.41) is 0. The standard InChI is InChI=1S/C34H42N4O/c1-25(2)30-10-6-7-11-31(30)32-24-37(27-8-4-3-5-9-27)20-21-38(32)29-22-34(23-29)16-18-36(19-17-34)28-14-12-26(13-15-28)33(35)39/h3-15,25,29,32H,16-24H2,1-2H3,(H2,35,39). The fraction of sp³-hybridized carbons (Fsp3) is 0.441. The van der Waals surface area contributed by atoms with Crippen molar-refractivity contribution < 1.29 is 4.79 Å². The SMILES string of the molecule is CC(C)c1ccccc1C1CN(c2ccccc2)CCN1C1CC2(CCN(c3ccc(C(N)=O)cc3)CC2)C1. The van der Waals surface area contributed by atoms with Gasteiger partial charge in [-0.05, 0) is 84.5 Å². The Bertz CT molecular complexity index is 1270. The van der Waals surface area contributed by atoms with Crippen LogP contribution in [0.5, 0.6) is 0 Å². The van der Waals surface area contributed by atoms with Gasteiger partial charge in [-0.2, -0.15) is 0 Å². The fourth-order valence-electron chi connectivity index (χ4n) is 7.38. The van der Waals surface area contributed by atoms with Crippen LogP contribution in [0, 0.1) is 5.41 Å². The highest BCUT2D eigenvalue weighted by Gasteiger charge is 2.50. The van der Waals surface area contributed by atoms with E-state index in [0.29, 0.717) is 29.0 Å². The smallest absolute Gasteiger partial charge is 0.248 e. The van der Waals surface area contributed by atoms with E-state index in [4.69, 9.17) is 5.73 Å². The quantitative estimate of drug-likeness (QED) is 0.418. The van der Waals surface area contributed by atoms with Crippen molar-refractivity contribution in [1.82, 2.24) is 4.90 Å². The first-order valence-electron chi connectivity index (χ1n) is 14.7. The summed E-state index contributed by atoms with van der Waals surface area (Å²) in [7, 11) is 0. The number of carbonyl (C=O) groups is 1. The van der Waals surface area contributed by atoms with Crippen LogP contribution in [-0.4, -0.2) is 49.6 Å². The van der Waals surface area contributed by atoms with Crippen molar-refractivity contribution in [3.05, 3.63) is 95.6 Å². The van der Waals surface area contributed by atoms with Crippen molar-refractivity contribution >= 4 is 17.3 Å². The first-order valence-corrected chi connectivity index (χ1v) is 14.7. The van der Waals surface area contributed by atoms with Crippen LogP contribution in [-0.2, 0) is 0 Å². The van der Waals surface area contributed by atoms with Gasteiger partial charge in [-0.3, -0.25) is 9.69 Å². The van der Waals surface area contributed by atoms with Gasteiger partial charge in [0.15, 0.2) is 0 Å². The van der Waals surface area contributed by atoms with Crippen LogP contribution in [0.1, 0.15) is 73.0 Å². The third-order valence-corrected chi connectivity index (χ3v) is 9.67. The number of hydrogen-bond acceptors (Lipinski definition) is 4. The third kappa shape index (κ3) is 5.17. The van der Waals surface area contributed by atoms with Gasteiger partial charge in [0, 0.05) is 55.7 Å². The van der Waals surface area contributed by atoms with E-state index in [1.807, 2.05) is 24.3 Å². The van der Waals surface area contributed by atoms with E-state index in [1.165, 1.54) is 48.2 Å². The summed E-state index contributed by atoms with van der Waals surface area (Å²) in [5.74, 6) is 0.155. The third-order valence-electron chi connectivity index (χ3n) is 9.67. The van der Waals surface area contributed by atoms with E-state index >= 15 is 0 Å². The molecule has 2 saturated heterocycles. The zero-order valence-electron chi connectivity index (χ0n) is 23.4. The minimum Gasteiger partial charge on any atom is -0.371 e. The molecule has 1 spiro atoms. The number of primary amides is 1. The molecule has 0 bridgehead atoms. The highest BCUT2D eigenvalue weighted by atomic mass is 16.1. The molecule has 6 rings (SSSR count). The van der Waals surface area contributed by atoms with Gasteiger partial charge in [-0.25, -0.2) is 0 Å². The number of piperidine rings is 1. The van der Waals surface area contributed by atoms with Gasteiger partial charge in [-0.1, -0.05) is 56.3 Å². The van der Waals surface area contributed by atoms with Crippen molar-refractivity contribution in [3.8, 4) is 0 Å². The minimum absolute atomic E-state index is 0.362. The molecule has 3 fully saturated rings. The van der Waals surface area contributed by atoms with Crippen LogP contribution in [0.4, 0.5) is 11.4 Å². The monoisotopic (exact) mass is 522 g/mol. The van der Waals surface area contributed by atoms with Crippen LogP contribution in [0.2, 0.25) is 0 Å². The molecule has 1 aliphatic carbocycles. The van der Waals surface area contributed by atoms with E-state index in [0.717, 1.165) is 32.7 Å². The number of nitrogens with zero attached hydrogens (tertiary/aromatic N) is 3. The Morgan fingerprint density at radius 2 is 1.44 bits per heavy atom. The summed E-state index contributed by atoms with van der Waals surface area (Å²) in [6.45, 7) is 10.1. The Hall–Kier alpha value is -3.31. The Morgan fingerprint density at radius 3 is 2.10 bits per heavy atom. The molecule has 3 aliphatic rings. The van der Waals surface area contributed by atoms with E-state index in [2.05, 4.69) is 83.1 Å². The summed E-state index contributed by atoms with van der Waals surface area (Å²) < 4.78 is 0. The second-order valence-electron chi connectivity index (χ2n) is 12.3. The molecular weight excluding hydrogens is 480 g/mol. The molecule has 0 radical (unpaired) electrons. The lowest BCUT2D eigenvalue weighted by Crippen LogP contribution is -2.60. The van der Waals surface area contributed by atoms with Crippen molar-refractivity contribution in [3.63, 3.8) is 0 Å². The number of piperazine rings is 1. The second-order valence-corrected chi connectivity index (χ2v) is 12.3. The number of benzene rings is 3. The van der Waals surface area contributed by atoms with Gasteiger partial charge in [-0.15, -0.1) is 0 Å². The average molecular weight is 523 g/mol. The fourth-order valence-corrected chi connectivity index (χ4v) is 7.38. The molecule has 3 aromatic rings. The van der Waals surface area contributed by atoms with E-state index in [9.17, 15) is 4.79 Å². The highest BCUT2D eigenvalue weighted by Crippen LogP contribution is 2.53. The largest absolute Gasteiger partial charge is 0.371 e. The van der Waals surface area contributed by atoms with Crippen LogP contribution in [0.25, 0.3) is 0 Å². The number of para-hydroxylation sites is 1. The van der Waals surface area contributed by atoms with Crippen LogP contribution in [0.3, 0.4) is 0 Å². The molecule has 1 unspecified atom stereocenters. The number of rotatable bonds is 6. The Labute approximate surface area is 233 Å². The molecule has 0 aromatic heterocycles. The van der Waals surface area contributed by atoms with E-state index in [-0.39, 0.29) is 5.91 Å². The predicted molar refractivity (Wildman–Crippen MR) is 160 cm³/mol. The number of nitrogens with two attached hydrogens (primary N) is 1. The summed E-state index contributed by atoms with van der Waals surface area (Å²) >= 11 is 0. The van der Waals surface area contributed by atoms with Crippen molar-refractivity contribution in [2.45, 2.75) is 57.5 Å². The van der Waals surface area contributed by atoms with Crippen molar-refractivity contribution in [1.29, 1.82) is 0 Å². The maximum absolute atomic E-state index is 11.4. The minimum atomic E-state index is -0.362. The van der Waals surface area contributed by atoms with E-state index in [1.54, 1.807) is 0 Å². The average Bonchev–Trinajstić information content (AvgIpc) is 2.96. The summed E-state index contributed by atoms with van der Waals surface area (Å²) in [6.07, 6.45) is 5.12. The van der Waals surface area contributed by atoms with Gasteiger partial charge < -0.3 is 15.5 Å². The summed E-state index contributed by atoms with van der Waals surface area (Å²) in [6, 6.07) is 29.0. The molecule has 39 heavy (non-hydrogen) atoms. The molecule has 2 heterocycles. The molecular formula is C34H42N4O. The van der Waals surface area contributed by atoms with Crippen LogP contribution in [0.15, 0.2) is 78.9 Å². The van der Waals surface area contributed by atoms with Crippen LogP contribution >= 0.6 is 0 Å². The van der Waals surface area contributed by atoms with E-state index < -0.39 is 0 Å². The molecule has 3 aromatic carbocycles. The van der Waals surface area contributed by atoms with Gasteiger partial charge in [0.1, 0.15) is 0 Å². The molecule has 2 aliphatic heterocycles. The lowest BCUT2D eigenvalue weighted by molar-refractivity contribution is -0.0399. The number of amides is 1. The molecule has 1 saturated carbocycles. The normalized spacial score (nSPS) is 21.8. The Kier molecular flexibility index (Phi) is 7.11.